The first-order chi connectivity index (χ1) is 8.86. The molecule has 2 heteroatoms. The van der Waals surface area contributed by atoms with Crippen LogP contribution >= 0.6 is 0 Å². The van der Waals surface area contributed by atoms with Crippen LogP contribution in [0.25, 0.3) is 0 Å². The monoisotopic (exact) mass is 261 g/mol. The lowest BCUT2D eigenvalue weighted by Gasteiger charge is -2.25. The van der Waals surface area contributed by atoms with Crippen molar-refractivity contribution < 1.29 is 4.74 Å². The molecule has 0 aliphatic heterocycles. The average molecular weight is 261 g/mol. The van der Waals surface area contributed by atoms with Crippen LogP contribution in [0.4, 0.5) is 0 Å². The molecule has 1 unspecified atom stereocenters. The fraction of sp³-hybridized carbons (Fsp3) is 0.647. The predicted octanol–water partition coefficient (Wildman–Crippen LogP) is 3.81. The Kier molecular flexibility index (Phi) is 4.19. The summed E-state index contributed by atoms with van der Waals surface area (Å²) in [5.74, 6) is 1.03. The number of rotatable bonds is 5. The smallest absolute Gasteiger partial charge is 0.123 e. The molecule has 106 valence electrons. The molecule has 1 aliphatic carbocycles. The molecule has 1 aliphatic rings. The third-order valence-electron chi connectivity index (χ3n) is 3.54. The molecule has 1 aromatic carbocycles. The maximum absolute atomic E-state index is 6.14. The fourth-order valence-electron chi connectivity index (χ4n) is 2.21. The zero-order chi connectivity index (χ0) is 14.0. The van der Waals surface area contributed by atoms with Gasteiger partial charge in [-0.05, 0) is 43.7 Å². The van der Waals surface area contributed by atoms with E-state index in [0.29, 0.717) is 0 Å². The third kappa shape index (κ3) is 4.24. The normalized spacial score (nSPS) is 17.3. The van der Waals surface area contributed by atoms with Gasteiger partial charge in [-0.25, -0.2) is 0 Å². The van der Waals surface area contributed by atoms with Crippen molar-refractivity contribution in [3.63, 3.8) is 0 Å². The first-order valence-electron chi connectivity index (χ1n) is 7.37. The zero-order valence-corrected chi connectivity index (χ0v) is 12.9. The molecule has 0 bridgehead atoms. The van der Waals surface area contributed by atoms with Gasteiger partial charge >= 0.3 is 0 Å². The van der Waals surface area contributed by atoms with E-state index in [2.05, 4.69) is 58.1 Å². The maximum Gasteiger partial charge on any atom is 0.123 e. The van der Waals surface area contributed by atoms with E-state index in [9.17, 15) is 0 Å². The number of benzene rings is 1. The molecule has 1 fully saturated rings. The number of nitrogens with one attached hydrogen (secondary N) is 1. The van der Waals surface area contributed by atoms with Crippen molar-refractivity contribution in [2.75, 3.05) is 6.54 Å². The molecule has 19 heavy (non-hydrogen) atoms. The Balaban J connectivity index is 2.05. The average Bonchev–Trinajstić information content (AvgIpc) is 3.11. The molecule has 2 nitrogen and oxygen atoms in total. The van der Waals surface area contributed by atoms with Gasteiger partial charge in [0.15, 0.2) is 0 Å². The van der Waals surface area contributed by atoms with Gasteiger partial charge in [-0.15, -0.1) is 0 Å². The Morgan fingerprint density at radius 2 is 2.00 bits per heavy atom. The van der Waals surface area contributed by atoms with Gasteiger partial charge in [-0.1, -0.05) is 38.5 Å². The molecule has 1 aromatic rings. The van der Waals surface area contributed by atoms with Crippen LogP contribution in [0.2, 0.25) is 0 Å². The van der Waals surface area contributed by atoms with Crippen LogP contribution in [-0.2, 0) is 5.41 Å². The van der Waals surface area contributed by atoms with E-state index in [1.54, 1.807) is 0 Å². The summed E-state index contributed by atoms with van der Waals surface area (Å²) < 4.78 is 6.14. The van der Waals surface area contributed by atoms with Gasteiger partial charge in [0.1, 0.15) is 11.9 Å². The predicted molar refractivity (Wildman–Crippen MR) is 81.0 cm³/mol. The topological polar surface area (TPSA) is 21.3 Å². The van der Waals surface area contributed by atoms with Crippen LogP contribution in [0.5, 0.6) is 5.75 Å². The molecule has 1 atom stereocenters. The number of aryl methyl sites for hydroxylation is 1. The molecule has 0 amide bonds. The lowest BCUT2D eigenvalue weighted by molar-refractivity contribution is 0.212. The molecule has 0 radical (unpaired) electrons. The van der Waals surface area contributed by atoms with Crippen molar-refractivity contribution in [3.8, 4) is 5.75 Å². The Bertz CT molecular complexity index is 429. The van der Waals surface area contributed by atoms with Crippen molar-refractivity contribution in [3.05, 3.63) is 29.3 Å². The molecule has 1 N–H and O–H groups in total. The lowest BCUT2D eigenvalue weighted by Crippen LogP contribution is -2.31. The summed E-state index contributed by atoms with van der Waals surface area (Å²) in [7, 11) is 0. The minimum Gasteiger partial charge on any atom is -0.489 e. The van der Waals surface area contributed by atoms with Crippen LogP contribution in [0.1, 0.15) is 51.7 Å². The summed E-state index contributed by atoms with van der Waals surface area (Å²) in [4.78, 5) is 0. The quantitative estimate of drug-likeness (QED) is 0.870. The van der Waals surface area contributed by atoms with E-state index in [1.807, 2.05) is 0 Å². The van der Waals surface area contributed by atoms with Crippen LogP contribution in [0, 0.1) is 6.92 Å². The summed E-state index contributed by atoms with van der Waals surface area (Å²) in [5, 5.41) is 3.52. The first kappa shape index (κ1) is 14.4. The number of hydrogen-bond acceptors (Lipinski definition) is 2. The molecular formula is C17H27NO. The Morgan fingerprint density at radius 3 is 2.58 bits per heavy atom. The summed E-state index contributed by atoms with van der Waals surface area (Å²) in [6.07, 6.45) is 2.86. The Hall–Kier alpha value is -1.02. The van der Waals surface area contributed by atoms with E-state index < -0.39 is 0 Å². The van der Waals surface area contributed by atoms with Crippen molar-refractivity contribution in [1.29, 1.82) is 0 Å². The fourth-order valence-corrected chi connectivity index (χ4v) is 2.21. The molecule has 0 aromatic heterocycles. The third-order valence-corrected chi connectivity index (χ3v) is 3.54. The van der Waals surface area contributed by atoms with Crippen LogP contribution in [-0.4, -0.2) is 18.7 Å². The summed E-state index contributed by atoms with van der Waals surface area (Å²) in [6.45, 7) is 11.9. The second-order valence-corrected chi connectivity index (χ2v) is 6.86. The van der Waals surface area contributed by atoms with Gasteiger partial charge in [0.05, 0.1) is 0 Å². The molecule has 0 saturated heterocycles. The standard InChI is InChI=1S/C17H27NO/c1-12-6-9-16(15(10-12)17(3,4)5)19-13(2)11-18-14-7-8-14/h6,9-10,13-14,18H,7-8,11H2,1-5H3. The number of hydrogen-bond donors (Lipinski definition) is 1. The van der Waals surface area contributed by atoms with E-state index >= 15 is 0 Å². The second-order valence-electron chi connectivity index (χ2n) is 6.86. The highest BCUT2D eigenvalue weighted by Gasteiger charge is 2.23. The lowest BCUT2D eigenvalue weighted by atomic mass is 9.85. The van der Waals surface area contributed by atoms with Gasteiger partial charge in [0, 0.05) is 12.6 Å². The molecule has 1 saturated carbocycles. The van der Waals surface area contributed by atoms with E-state index in [0.717, 1.165) is 18.3 Å². The van der Waals surface area contributed by atoms with E-state index in [4.69, 9.17) is 4.74 Å². The van der Waals surface area contributed by atoms with Crippen molar-refractivity contribution >= 4 is 0 Å². The van der Waals surface area contributed by atoms with E-state index in [1.165, 1.54) is 24.0 Å². The highest BCUT2D eigenvalue weighted by molar-refractivity contribution is 5.41. The van der Waals surface area contributed by atoms with Gasteiger partial charge in [0.25, 0.3) is 0 Å². The Morgan fingerprint density at radius 1 is 1.32 bits per heavy atom. The zero-order valence-electron chi connectivity index (χ0n) is 12.9. The largest absolute Gasteiger partial charge is 0.489 e. The SMILES string of the molecule is Cc1ccc(OC(C)CNC2CC2)c(C(C)(C)C)c1. The highest BCUT2D eigenvalue weighted by atomic mass is 16.5. The van der Waals surface area contributed by atoms with Crippen LogP contribution < -0.4 is 10.1 Å². The molecule has 0 spiro atoms. The maximum atomic E-state index is 6.14. The highest BCUT2D eigenvalue weighted by Crippen LogP contribution is 2.32. The van der Waals surface area contributed by atoms with Gasteiger partial charge in [-0.3, -0.25) is 0 Å². The van der Waals surface area contributed by atoms with Crippen LogP contribution in [0.15, 0.2) is 18.2 Å². The van der Waals surface area contributed by atoms with Crippen LogP contribution in [0.3, 0.4) is 0 Å². The number of ether oxygens (including phenoxy) is 1. The summed E-state index contributed by atoms with van der Waals surface area (Å²) in [5.41, 5.74) is 2.71. The summed E-state index contributed by atoms with van der Waals surface area (Å²) in [6, 6.07) is 7.23. The van der Waals surface area contributed by atoms with Gasteiger partial charge < -0.3 is 10.1 Å². The van der Waals surface area contributed by atoms with Crippen molar-refractivity contribution in [2.45, 2.75) is 65.0 Å². The first-order valence-corrected chi connectivity index (χ1v) is 7.37. The van der Waals surface area contributed by atoms with E-state index in [-0.39, 0.29) is 11.5 Å². The minimum atomic E-state index is 0.116. The second kappa shape index (κ2) is 5.54. The van der Waals surface area contributed by atoms with Gasteiger partial charge in [-0.2, -0.15) is 0 Å². The molecular weight excluding hydrogens is 234 g/mol. The molecule has 2 rings (SSSR count). The van der Waals surface area contributed by atoms with Crippen molar-refractivity contribution in [2.24, 2.45) is 0 Å². The van der Waals surface area contributed by atoms with Gasteiger partial charge in [0.2, 0.25) is 0 Å². The molecule has 0 heterocycles. The van der Waals surface area contributed by atoms with Crippen molar-refractivity contribution in [1.82, 2.24) is 5.32 Å². The summed E-state index contributed by atoms with van der Waals surface area (Å²) >= 11 is 0. The minimum absolute atomic E-state index is 0.116. The Labute approximate surface area is 117 Å².